The number of nitrogens with one attached hydrogen (secondary N) is 1. The Balaban J connectivity index is 2.28. The Hall–Kier alpha value is -1.76. The van der Waals surface area contributed by atoms with E-state index in [-0.39, 0.29) is 11.6 Å². The van der Waals surface area contributed by atoms with E-state index in [0.717, 1.165) is 13.0 Å². The lowest BCUT2D eigenvalue weighted by atomic mass is 10.0. The first kappa shape index (κ1) is 14.6. The number of fused-ring (bicyclic) bond motifs is 1. The van der Waals surface area contributed by atoms with E-state index in [9.17, 15) is 4.79 Å². The van der Waals surface area contributed by atoms with Crippen LogP contribution in [0.3, 0.4) is 0 Å². The fourth-order valence-corrected chi connectivity index (χ4v) is 2.12. The fourth-order valence-electron chi connectivity index (χ4n) is 2.12. The first-order chi connectivity index (χ1) is 9.54. The zero-order chi connectivity index (χ0) is 14.7. The maximum atomic E-state index is 12.4. The minimum Gasteiger partial charge on any atom is -0.312 e. The highest BCUT2D eigenvalue weighted by Crippen LogP contribution is 2.05. The van der Waals surface area contributed by atoms with E-state index in [2.05, 4.69) is 41.5 Å². The summed E-state index contributed by atoms with van der Waals surface area (Å²) in [6.07, 6.45) is 2.61. The summed E-state index contributed by atoms with van der Waals surface area (Å²) >= 11 is 0. The monoisotopic (exact) mass is 278 g/mol. The second-order valence-electron chi connectivity index (χ2n) is 5.39. The topological polar surface area (TPSA) is 77.6 Å². The second kappa shape index (κ2) is 6.13. The van der Waals surface area contributed by atoms with Gasteiger partial charge >= 0.3 is 0 Å². The summed E-state index contributed by atoms with van der Waals surface area (Å²) < 4.78 is 2.99. The van der Waals surface area contributed by atoms with Gasteiger partial charge in [-0.05, 0) is 18.9 Å². The highest BCUT2D eigenvalue weighted by molar-refractivity contribution is 5.72. The van der Waals surface area contributed by atoms with Crippen molar-refractivity contribution in [1.82, 2.24) is 30.1 Å². The Morgan fingerprint density at radius 1 is 1.40 bits per heavy atom. The molecule has 0 fully saturated rings. The van der Waals surface area contributed by atoms with E-state index >= 15 is 0 Å². The molecule has 2 rings (SSSR count). The van der Waals surface area contributed by atoms with Crippen molar-refractivity contribution in [2.45, 2.75) is 39.8 Å². The molecule has 1 N–H and O–H groups in total. The summed E-state index contributed by atoms with van der Waals surface area (Å²) in [6, 6.07) is 0.205. The quantitative estimate of drug-likeness (QED) is 0.835. The largest absolute Gasteiger partial charge is 0.312 e. The van der Waals surface area contributed by atoms with Gasteiger partial charge in [-0.2, -0.15) is 5.10 Å². The first-order valence-electron chi connectivity index (χ1n) is 7.03. The van der Waals surface area contributed by atoms with Crippen molar-refractivity contribution in [3.05, 3.63) is 16.6 Å². The molecule has 0 saturated carbocycles. The molecule has 0 amide bonds. The Labute approximate surface area is 118 Å². The third kappa shape index (κ3) is 2.87. The minimum atomic E-state index is -0.132. The highest BCUT2D eigenvalue weighted by Gasteiger charge is 2.16. The number of nitrogens with zero attached hydrogens (tertiary/aromatic N) is 5. The zero-order valence-corrected chi connectivity index (χ0v) is 12.5. The minimum absolute atomic E-state index is 0.132. The molecule has 2 heterocycles. The molecule has 2 aromatic rings. The fraction of sp³-hybridized carbons (Fsp3) is 0.692. The van der Waals surface area contributed by atoms with Crippen LogP contribution in [-0.2, 0) is 13.6 Å². The predicted molar refractivity (Wildman–Crippen MR) is 77.5 cm³/mol. The van der Waals surface area contributed by atoms with Crippen molar-refractivity contribution in [3.8, 4) is 0 Å². The van der Waals surface area contributed by atoms with E-state index in [1.165, 1.54) is 4.68 Å². The van der Waals surface area contributed by atoms with Gasteiger partial charge in [0.1, 0.15) is 5.39 Å². The van der Waals surface area contributed by atoms with Crippen molar-refractivity contribution >= 4 is 11.0 Å². The van der Waals surface area contributed by atoms with Crippen molar-refractivity contribution in [2.24, 2.45) is 13.0 Å². The van der Waals surface area contributed by atoms with E-state index in [1.54, 1.807) is 17.9 Å². The Morgan fingerprint density at radius 2 is 2.15 bits per heavy atom. The zero-order valence-electron chi connectivity index (χ0n) is 12.5. The van der Waals surface area contributed by atoms with E-state index in [0.29, 0.717) is 23.5 Å². The summed E-state index contributed by atoms with van der Waals surface area (Å²) in [5, 5.41) is 16.1. The van der Waals surface area contributed by atoms with Crippen molar-refractivity contribution in [1.29, 1.82) is 0 Å². The van der Waals surface area contributed by atoms with Gasteiger partial charge < -0.3 is 5.32 Å². The van der Waals surface area contributed by atoms with Gasteiger partial charge in [0.25, 0.3) is 5.56 Å². The molecule has 0 bridgehead atoms. The summed E-state index contributed by atoms with van der Waals surface area (Å²) in [6.45, 7) is 7.84. The Kier molecular flexibility index (Phi) is 4.49. The van der Waals surface area contributed by atoms with Gasteiger partial charge in [-0.3, -0.25) is 4.79 Å². The molecule has 2 aromatic heterocycles. The van der Waals surface area contributed by atoms with Gasteiger partial charge in [0.05, 0.1) is 12.7 Å². The molecule has 0 aliphatic rings. The van der Waals surface area contributed by atoms with Crippen molar-refractivity contribution < 1.29 is 0 Å². The Morgan fingerprint density at radius 3 is 2.80 bits per heavy atom. The SMILES string of the molecule is CCCNC(Cn1nnc2c(cnn2C)c1=O)C(C)C. The molecular weight excluding hydrogens is 256 g/mol. The molecule has 0 radical (unpaired) electrons. The van der Waals surface area contributed by atoms with Crippen LogP contribution in [0.1, 0.15) is 27.2 Å². The first-order valence-corrected chi connectivity index (χ1v) is 7.03. The van der Waals surface area contributed by atoms with Gasteiger partial charge in [0.15, 0.2) is 5.65 Å². The van der Waals surface area contributed by atoms with Crippen LogP contribution in [0, 0.1) is 5.92 Å². The molecule has 7 nitrogen and oxygen atoms in total. The lowest BCUT2D eigenvalue weighted by Gasteiger charge is -2.22. The van der Waals surface area contributed by atoms with Crippen molar-refractivity contribution in [2.75, 3.05) is 6.54 Å². The number of hydrogen-bond donors (Lipinski definition) is 1. The molecule has 1 atom stereocenters. The lowest BCUT2D eigenvalue weighted by molar-refractivity contribution is 0.332. The van der Waals surface area contributed by atoms with Crippen LogP contribution in [0.25, 0.3) is 11.0 Å². The van der Waals surface area contributed by atoms with Crippen LogP contribution in [0.2, 0.25) is 0 Å². The van der Waals surface area contributed by atoms with Crippen LogP contribution >= 0.6 is 0 Å². The number of aryl methyl sites for hydroxylation is 1. The standard InChI is InChI=1S/C13H22N6O/c1-5-6-14-11(9(2)3)8-19-13(20)10-7-15-18(4)12(10)16-17-19/h7,9,11,14H,5-6,8H2,1-4H3. The Bertz CT molecular complexity index is 629. The molecule has 0 aromatic carbocycles. The normalized spacial score (nSPS) is 13.2. The summed E-state index contributed by atoms with van der Waals surface area (Å²) in [4.78, 5) is 12.4. The number of hydrogen-bond acceptors (Lipinski definition) is 5. The van der Waals surface area contributed by atoms with Crippen LogP contribution in [0.4, 0.5) is 0 Å². The van der Waals surface area contributed by atoms with Gasteiger partial charge in [0, 0.05) is 13.1 Å². The molecular formula is C13H22N6O. The summed E-state index contributed by atoms with van der Waals surface area (Å²) in [7, 11) is 1.75. The van der Waals surface area contributed by atoms with Gasteiger partial charge in [-0.25, -0.2) is 9.36 Å². The maximum absolute atomic E-state index is 12.4. The van der Waals surface area contributed by atoms with Gasteiger partial charge in [-0.15, -0.1) is 5.10 Å². The highest BCUT2D eigenvalue weighted by atomic mass is 16.1. The van der Waals surface area contributed by atoms with Crippen LogP contribution < -0.4 is 10.9 Å². The van der Waals surface area contributed by atoms with Crippen LogP contribution in [0.5, 0.6) is 0 Å². The van der Waals surface area contributed by atoms with E-state index in [1.807, 2.05) is 0 Å². The third-order valence-electron chi connectivity index (χ3n) is 3.45. The second-order valence-corrected chi connectivity index (χ2v) is 5.39. The molecule has 7 heteroatoms. The molecule has 0 aliphatic carbocycles. The molecule has 110 valence electrons. The summed E-state index contributed by atoms with van der Waals surface area (Å²) in [5.74, 6) is 0.417. The molecule has 0 aliphatic heterocycles. The molecule has 1 unspecified atom stereocenters. The maximum Gasteiger partial charge on any atom is 0.280 e. The third-order valence-corrected chi connectivity index (χ3v) is 3.45. The predicted octanol–water partition coefficient (Wildman–Crippen LogP) is 0.549. The average molecular weight is 278 g/mol. The van der Waals surface area contributed by atoms with Crippen molar-refractivity contribution in [3.63, 3.8) is 0 Å². The number of rotatable bonds is 6. The molecule has 0 spiro atoms. The van der Waals surface area contributed by atoms with Gasteiger partial charge in [0.2, 0.25) is 0 Å². The molecule has 0 saturated heterocycles. The average Bonchev–Trinajstić information content (AvgIpc) is 2.79. The van der Waals surface area contributed by atoms with Crippen LogP contribution in [0.15, 0.2) is 11.0 Å². The lowest BCUT2D eigenvalue weighted by Crippen LogP contribution is -2.41. The van der Waals surface area contributed by atoms with Crippen LogP contribution in [-0.4, -0.2) is 37.4 Å². The van der Waals surface area contributed by atoms with E-state index < -0.39 is 0 Å². The molecule has 20 heavy (non-hydrogen) atoms. The van der Waals surface area contributed by atoms with E-state index in [4.69, 9.17) is 0 Å². The summed E-state index contributed by atoms with van der Waals surface area (Å²) in [5.41, 5.74) is 0.390. The number of aromatic nitrogens is 5. The van der Waals surface area contributed by atoms with Gasteiger partial charge in [-0.1, -0.05) is 26.0 Å². The smallest absolute Gasteiger partial charge is 0.280 e.